The van der Waals surface area contributed by atoms with Gasteiger partial charge in [-0.05, 0) is 107 Å². The summed E-state index contributed by atoms with van der Waals surface area (Å²) in [6.07, 6.45) is -1.27. The van der Waals surface area contributed by atoms with E-state index < -0.39 is 29.0 Å². The van der Waals surface area contributed by atoms with Crippen LogP contribution < -0.4 is 0 Å². The molecule has 0 aliphatic carbocycles. The first-order valence-electron chi connectivity index (χ1n) is 15.1. The van der Waals surface area contributed by atoms with E-state index in [0.29, 0.717) is 42.0 Å². The number of carboxylic acids is 1. The maximum Gasteiger partial charge on any atom is 0.434 e. The molecule has 5 rings (SSSR count). The van der Waals surface area contributed by atoms with Crippen LogP contribution in [0, 0.1) is 13.8 Å². The van der Waals surface area contributed by atoms with Crippen LogP contribution in [0.3, 0.4) is 0 Å². The maximum absolute atomic E-state index is 13.8. The summed E-state index contributed by atoms with van der Waals surface area (Å²) < 4.78 is 47.6. The lowest BCUT2D eigenvalue weighted by atomic mass is 9.87. The normalized spacial score (nSPS) is 14.5. The van der Waals surface area contributed by atoms with Gasteiger partial charge in [-0.15, -0.1) is 11.3 Å². The van der Waals surface area contributed by atoms with Crippen molar-refractivity contribution in [2.24, 2.45) is 0 Å². The molecule has 0 atom stereocenters. The molecule has 4 aromatic rings. The van der Waals surface area contributed by atoms with Crippen LogP contribution in [-0.2, 0) is 23.8 Å². The number of nitrogens with zero attached hydrogens (tertiary/aromatic N) is 4. The van der Waals surface area contributed by atoms with E-state index in [4.69, 9.17) is 4.74 Å². The Morgan fingerprint density at radius 2 is 1.72 bits per heavy atom. The Morgan fingerprint density at radius 1 is 1.02 bits per heavy atom. The summed E-state index contributed by atoms with van der Waals surface area (Å²) in [4.78, 5) is 32.1. The summed E-state index contributed by atoms with van der Waals surface area (Å²) in [5.74, 6) is -1.45. The third-order valence-corrected chi connectivity index (χ3v) is 9.15. The highest BCUT2D eigenvalue weighted by atomic mass is 32.1. The minimum absolute atomic E-state index is 0.113. The molecule has 46 heavy (non-hydrogen) atoms. The lowest BCUT2D eigenvalue weighted by Gasteiger charge is -2.33. The second kappa shape index (κ2) is 12.9. The van der Waals surface area contributed by atoms with Gasteiger partial charge in [0, 0.05) is 18.0 Å². The van der Waals surface area contributed by atoms with Gasteiger partial charge in [-0.1, -0.05) is 24.3 Å². The van der Waals surface area contributed by atoms with Crippen molar-refractivity contribution in [3.05, 3.63) is 87.0 Å². The van der Waals surface area contributed by atoms with Crippen LogP contribution in [0.4, 0.5) is 18.0 Å². The monoisotopic (exact) mass is 654 g/mol. The molecule has 8 nitrogen and oxygen atoms in total. The van der Waals surface area contributed by atoms with Crippen molar-refractivity contribution in [3.63, 3.8) is 0 Å². The van der Waals surface area contributed by atoms with Crippen LogP contribution in [0.5, 0.6) is 0 Å². The number of carbonyl (C=O) groups is 2. The van der Waals surface area contributed by atoms with Gasteiger partial charge in [-0.2, -0.15) is 18.3 Å². The average Bonchev–Trinajstić information content (AvgIpc) is 3.60. The van der Waals surface area contributed by atoms with Crippen molar-refractivity contribution in [1.82, 2.24) is 19.7 Å². The molecule has 1 aliphatic heterocycles. The quantitative estimate of drug-likeness (QED) is 0.216. The summed E-state index contributed by atoms with van der Waals surface area (Å²) in [5.41, 5.74) is 2.37. The number of hydrogen-bond acceptors (Lipinski definition) is 6. The zero-order valence-electron chi connectivity index (χ0n) is 26.4. The molecule has 0 bridgehead atoms. The van der Waals surface area contributed by atoms with Gasteiger partial charge in [0.1, 0.15) is 11.2 Å². The Morgan fingerprint density at radius 3 is 2.35 bits per heavy atom. The van der Waals surface area contributed by atoms with E-state index in [2.05, 4.69) is 41.3 Å². The number of carbonyl (C=O) groups excluding carboxylic acids is 1. The van der Waals surface area contributed by atoms with Gasteiger partial charge in [0.05, 0.1) is 16.8 Å². The number of benzene rings is 1. The predicted molar refractivity (Wildman–Crippen MR) is 170 cm³/mol. The van der Waals surface area contributed by atoms with Crippen LogP contribution in [-0.4, -0.2) is 55.5 Å². The minimum Gasteiger partial charge on any atom is -0.478 e. The van der Waals surface area contributed by atoms with Crippen molar-refractivity contribution in [3.8, 4) is 16.4 Å². The molecule has 0 spiro atoms. The van der Waals surface area contributed by atoms with Crippen molar-refractivity contribution in [2.45, 2.75) is 78.0 Å². The Hall–Kier alpha value is -4.19. The third kappa shape index (κ3) is 7.43. The highest BCUT2D eigenvalue weighted by Gasteiger charge is 2.41. The first-order valence-corrected chi connectivity index (χ1v) is 16.0. The second-order valence-corrected chi connectivity index (χ2v) is 13.9. The van der Waals surface area contributed by atoms with E-state index in [9.17, 15) is 27.9 Å². The van der Waals surface area contributed by atoms with Gasteiger partial charge in [0.15, 0.2) is 11.5 Å². The van der Waals surface area contributed by atoms with Crippen molar-refractivity contribution in [2.75, 3.05) is 13.1 Å². The van der Waals surface area contributed by atoms with Crippen molar-refractivity contribution >= 4 is 23.4 Å². The number of hydrogen-bond donors (Lipinski definition) is 1. The number of halogens is 3. The fraction of sp³-hybridized carbons (Fsp3) is 0.412. The first kappa shape index (κ1) is 33.2. The largest absolute Gasteiger partial charge is 0.478 e. The average molecular weight is 655 g/mol. The SMILES string of the molecule is Cc1cc(CCc2ccc(C3CCN(C(=O)OC(C)(C)C)CC3)cc2C)c(-c2cccc(-n3ncc(C(=O)O)c3C(F)(F)F)n2)s1. The number of aromatic carboxylic acids is 1. The molecule has 0 radical (unpaired) electrons. The van der Waals surface area contributed by atoms with Gasteiger partial charge in [0.2, 0.25) is 0 Å². The number of piperidine rings is 1. The smallest absolute Gasteiger partial charge is 0.434 e. The molecule has 1 saturated heterocycles. The van der Waals surface area contributed by atoms with Gasteiger partial charge in [-0.3, -0.25) is 0 Å². The van der Waals surface area contributed by atoms with E-state index in [0.717, 1.165) is 34.6 Å². The highest BCUT2D eigenvalue weighted by molar-refractivity contribution is 7.15. The van der Waals surface area contributed by atoms with Gasteiger partial charge in [-0.25, -0.2) is 19.3 Å². The zero-order valence-corrected chi connectivity index (χ0v) is 27.3. The van der Waals surface area contributed by atoms with Crippen LogP contribution in [0.2, 0.25) is 0 Å². The fourth-order valence-electron chi connectivity index (χ4n) is 5.83. The number of aryl methyl sites for hydroxylation is 4. The molecule has 0 unspecified atom stereocenters. The minimum atomic E-state index is -4.93. The van der Waals surface area contributed by atoms with E-state index in [-0.39, 0.29) is 11.9 Å². The van der Waals surface area contributed by atoms with E-state index >= 15 is 0 Å². The van der Waals surface area contributed by atoms with Gasteiger partial charge >= 0.3 is 18.2 Å². The molecule has 244 valence electrons. The van der Waals surface area contributed by atoms with Crippen LogP contribution >= 0.6 is 11.3 Å². The number of carboxylic acid groups (broad SMARTS) is 1. The lowest BCUT2D eigenvalue weighted by molar-refractivity contribution is -0.143. The zero-order chi connectivity index (χ0) is 33.4. The Bertz CT molecular complexity index is 1750. The van der Waals surface area contributed by atoms with Gasteiger partial charge < -0.3 is 14.7 Å². The van der Waals surface area contributed by atoms with Crippen molar-refractivity contribution < 1.29 is 32.6 Å². The summed E-state index contributed by atoms with van der Waals surface area (Å²) in [5, 5.41) is 13.0. The molecule has 1 N–H and O–H groups in total. The lowest BCUT2D eigenvalue weighted by Crippen LogP contribution is -2.41. The second-order valence-electron chi connectivity index (χ2n) is 12.6. The van der Waals surface area contributed by atoms with E-state index in [1.807, 2.05) is 27.7 Å². The topological polar surface area (TPSA) is 97.6 Å². The molecule has 1 fully saturated rings. The number of thiophene rings is 1. The van der Waals surface area contributed by atoms with Crippen LogP contribution in [0.25, 0.3) is 16.4 Å². The number of pyridine rings is 1. The number of alkyl halides is 3. The summed E-state index contributed by atoms with van der Waals surface area (Å²) >= 11 is 1.51. The van der Waals surface area contributed by atoms with E-state index in [1.165, 1.54) is 34.1 Å². The predicted octanol–water partition coefficient (Wildman–Crippen LogP) is 8.23. The van der Waals surface area contributed by atoms with Crippen LogP contribution in [0.15, 0.2) is 48.7 Å². The summed E-state index contributed by atoms with van der Waals surface area (Å²) in [6, 6.07) is 13.4. The highest BCUT2D eigenvalue weighted by Crippen LogP contribution is 2.36. The number of amides is 1. The van der Waals surface area contributed by atoms with E-state index in [1.54, 1.807) is 17.0 Å². The molecule has 1 aromatic carbocycles. The standard InChI is InChI=1S/C34H37F3N4O4S/c1-20-17-24(23-13-15-40(16-14-23)32(44)45-33(3,4)5)11-9-22(20)10-12-25-18-21(2)46-29(25)27-7-6-8-28(39-27)41-30(34(35,36)37)26(19-38-41)31(42)43/h6-9,11,17-19,23H,10,12-16H2,1-5H3,(H,42,43). The molecule has 0 saturated carbocycles. The van der Waals surface area contributed by atoms with Gasteiger partial charge in [0.25, 0.3) is 0 Å². The molecular formula is C34H37F3N4O4S. The Labute approximate surface area is 269 Å². The van der Waals surface area contributed by atoms with Crippen LogP contribution in [0.1, 0.15) is 82.7 Å². The molecule has 1 amide bonds. The third-order valence-electron chi connectivity index (χ3n) is 8.03. The van der Waals surface area contributed by atoms with Crippen molar-refractivity contribution in [1.29, 1.82) is 0 Å². The Kier molecular flexibility index (Phi) is 9.30. The number of rotatable bonds is 7. The molecule has 1 aliphatic rings. The number of aromatic nitrogens is 3. The summed E-state index contributed by atoms with van der Waals surface area (Å²) in [7, 11) is 0. The summed E-state index contributed by atoms with van der Waals surface area (Å²) in [6.45, 7) is 11.0. The molecule has 12 heteroatoms. The number of ether oxygens (including phenoxy) is 1. The Balaban J connectivity index is 1.30. The fourth-order valence-corrected chi connectivity index (χ4v) is 6.87. The molecule has 3 aromatic heterocycles. The number of likely N-dealkylation sites (tertiary alicyclic amines) is 1. The first-order chi connectivity index (χ1) is 21.6. The molecular weight excluding hydrogens is 617 g/mol. The molecule has 4 heterocycles. The maximum atomic E-state index is 13.8.